The molecule has 3 heteroatoms. The highest BCUT2D eigenvalue weighted by atomic mass is 16.5. The van der Waals surface area contributed by atoms with Gasteiger partial charge in [-0.2, -0.15) is 0 Å². The predicted octanol–water partition coefficient (Wildman–Crippen LogP) is -0.711. The van der Waals surface area contributed by atoms with E-state index in [9.17, 15) is 0 Å². The molecule has 1 rings (SSSR count). The largest absolute Gasteiger partial charge is 0.388 e. The summed E-state index contributed by atoms with van der Waals surface area (Å²) in [6.07, 6.45) is -1.80. The molecule has 0 saturated carbocycles. The summed E-state index contributed by atoms with van der Waals surface area (Å²) >= 11 is 0. The normalized spacial score (nSPS) is 47.6. The first-order valence-corrected chi connectivity index (χ1v) is 2.57. The summed E-state index contributed by atoms with van der Waals surface area (Å²) in [6, 6.07) is 0. The number of hydrogen-bond donors (Lipinski definition) is 2. The monoisotopic (exact) mass is 117 g/mol. The first-order chi connectivity index (χ1) is 3.72. The molecule has 2 N–H and O–H groups in total. The van der Waals surface area contributed by atoms with Crippen LogP contribution in [-0.4, -0.2) is 28.5 Å². The van der Waals surface area contributed by atoms with E-state index in [0.717, 1.165) is 0 Å². The molecule has 3 atom stereocenters. The first-order valence-electron chi connectivity index (χ1n) is 2.57. The predicted molar refractivity (Wildman–Crippen MR) is 26.9 cm³/mol. The molecular formula is C5H9O3. The maximum absolute atomic E-state index is 8.86. The Kier molecular flexibility index (Phi) is 1.51. The maximum Gasteiger partial charge on any atom is 0.115 e. The molecule has 3 nitrogen and oxygen atoms in total. The Balaban J connectivity index is 2.44. The van der Waals surface area contributed by atoms with Gasteiger partial charge in [-0.05, 0) is 6.92 Å². The molecule has 0 aromatic heterocycles. The zero-order chi connectivity index (χ0) is 6.15. The lowest BCUT2D eigenvalue weighted by molar-refractivity contribution is 0.0318. The van der Waals surface area contributed by atoms with Gasteiger partial charge in [0.25, 0.3) is 0 Å². The molecule has 1 saturated heterocycles. The van der Waals surface area contributed by atoms with Crippen molar-refractivity contribution >= 4 is 0 Å². The fourth-order valence-electron chi connectivity index (χ4n) is 0.643. The third-order valence-electron chi connectivity index (χ3n) is 1.26. The highest BCUT2D eigenvalue weighted by Crippen LogP contribution is 2.16. The summed E-state index contributed by atoms with van der Waals surface area (Å²) in [6.45, 7) is 2.95. The summed E-state index contributed by atoms with van der Waals surface area (Å²) in [5.41, 5.74) is 0. The van der Waals surface area contributed by atoms with Gasteiger partial charge in [0, 0.05) is 0 Å². The molecule has 0 aromatic carbocycles. The van der Waals surface area contributed by atoms with E-state index in [1.54, 1.807) is 6.92 Å². The standard InChI is InChI=1S/C5H9O3/c1-3-5(7)4(6)2-8-3/h2-7H,1H3/t3-,4+,5-/m1/s1. The van der Waals surface area contributed by atoms with E-state index < -0.39 is 12.2 Å². The van der Waals surface area contributed by atoms with Crippen LogP contribution in [0.15, 0.2) is 0 Å². The first kappa shape index (κ1) is 6.01. The van der Waals surface area contributed by atoms with Gasteiger partial charge in [-0.1, -0.05) is 0 Å². The molecule has 1 radical (unpaired) electrons. The van der Waals surface area contributed by atoms with Crippen LogP contribution in [0.25, 0.3) is 0 Å². The van der Waals surface area contributed by atoms with Gasteiger partial charge in [-0.25, -0.2) is 0 Å². The van der Waals surface area contributed by atoms with Gasteiger partial charge in [0.1, 0.15) is 18.8 Å². The number of aliphatic hydroxyl groups is 2. The zero-order valence-electron chi connectivity index (χ0n) is 4.61. The quantitative estimate of drug-likeness (QED) is 0.440. The molecule has 1 aliphatic rings. The number of ether oxygens (including phenoxy) is 1. The SMILES string of the molecule is C[C@H]1O[CH][C@H](O)[C@@H]1O. The van der Waals surface area contributed by atoms with Crippen molar-refractivity contribution in [1.29, 1.82) is 0 Å². The van der Waals surface area contributed by atoms with Crippen LogP contribution in [0.1, 0.15) is 6.92 Å². The second kappa shape index (κ2) is 2.01. The second-order valence-corrected chi connectivity index (χ2v) is 1.96. The molecule has 0 amide bonds. The molecule has 0 bridgehead atoms. The third-order valence-corrected chi connectivity index (χ3v) is 1.26. The van der Waals surface area contributed by atoms with Gasteiger partial charge >= 0.3 is 0 Å². The minimum atomic E-state index is -0.801. The topological polar surface area (TPSA) is 49.7 Å². The summed E-state index contributed by atoms with van der Waals surface area (Å²) in [4.78, 5) is 0. The minimum absolute atomic E-state index is 0.259. The summed E-state index contributed by atoms with van der Waals surface area (Å²) in [7, 11) is 0. The van der Waals surface area contributed by atoms with E-state index in [4.69, 9.17) is 14.9 Å². The fraction of sp³-hybridized carbons (Fsp3) is 0.800. The lowest BCUT2D eigenvalue weighted by Crippen LogP contribution is -2.26. The average Bonchev–Trinajstić information content (AvgIpc) is 1.98. The van der Waals surface area contributed by atoms with E-state index >= 15 is 0 Å². The highest BCUT2D eigenvalue weighted by molar-refractivity contribution is 4.87. The van der Waals surface area contributed by atoms with E-state index in [0.29, 0.717) is 0 Å². The highest BCUT2D eigenvalue weighted by Gasteiger charge is 2.31. The second-order valence-electron chi connectivity index (χ2n) is 1.96. The van der Waals surface area contributed by atoms with Crippen LogP contribution in [0.4, 0.5) is 0 Å². The van der Waals surface area contributed by atoms with Crippen LogP contribution < -0.4 is 0 Å². The molecule has 47 valence electrons. The van der Waals surface area contributed by atoms with E-state index in [-0.39, 0.29) is 6.10 Å². The van der Waals surface area contributed by atoms with Gasteiger partial charge < -0.3 is 14.9 Å². The molecule has 8 heavy (non-hydrogen) atoms. The molecular weight excluding hydrogens is 108 g/mol. The van der Waals surface area contributed by atoms with Crippen molar-refractivity contribution in [2.45, 2.75) is 25.2 Å². The Morgan fingerprint density at radius 1 is 1.50 bits per heavy atom. The van der Waals surface area contributed by atoms with Gasteiger partial charge in [0.15, 0.2) is 0 Å². The zero-order valence-corrected chi connectivity index (χ0v) is 4.61. The third kappa shape index (κ3) is 0.844. The van der Waals surface area contributed by atoms with Gasteiger partial charge in [0.2, 0.25) is 0 Å². The van der Waals surface area contributed by atoms with Crippen LogP contribution in [0.3, 0.4) is 0 Å². The molecule has 0 aliphatic carbocycles. The van der Waals surface area contributed by atoms with Crippen LogP contribution in [0.5, 0.6) is 0 Å². The molecule has 1 fully saturated rings. The van der Waals surface area contributed by atoms with Crippen molar-refractivity contribution in [1.82, 2.24) is 0 Å². The number of rotatable bonds is 0. The van der Waals surface area contributed by atoms with Crippen molar-refractivity contribution in [2.24, 2.45) is 0 Å². The van der Waals surface area contributed by atoms with E-state index in [1.807, 2.05) is 0 Å². The van der Waals surface area contributed by atoms with Crippen molar-refractivity contribution in [3.63, 3.8) is 0 Å². The van der Waals surface area contributed by atoms with Crippen molar-refractivity contribution in [3.05, 3.63) is 6.61 Å². The van der Waals surface area contributed by atoms with Crippen molar-refractivity contribution < 1.29 is 14.9 Å². The molecule has 1 heterocycles. The lowest BCUT2D eigenvalue weighted by atomic mass is 10.2. The fourth-order valence-corrected chi connectivity index (χ4v) is 0.643. The molecule has 0 unspecified atom stereocenters. The van der Waals surface area contributed by atoms with Gasteiger partial charge in [0.05, 0.1) is 6.10 Å². The summed E-state index contributed by atoms with van der Waals surface area (Å²) in [5.74, 6) is 0. The lowest BCUT2D eigenvalue weighted by Gasteiger charge is -2.06. The van der Waals surface area contributed by atoms with Crippen LogP contribution >= 0.6 is 0 Å². The Morgan fingerprint density at radius 3 is 2.25 bits per heavy atom. The van der Waals surface area contributed by atoms with Gasteiger partial charge in [-0.3, -0.25) is 0 Å². The Labute approximate surface area is 47.9 Å². The minimum Gasteiger partial charge on any atom is -0.388 e. The van der Waals surface area contributed by atoms with Crippen molar-refractivity contribution in [3.8, 4) is 0 Å². The Morgan fingerprint density at radius 2 is 2.12 bits per heavy atom. The Bertz CT molecular complexity index is 73.7. The maximum atomic E-state index is 8.86. The van der Waals surface area contributed by atoms with Gasteiger partial charge in [-0.15, -0.1) is 0 Å². The van der Waals surface area contributed by atoms with Crippen molar-refractivity contribution in [2.75, 3.05) is 0 Å². The van der Waals surface area contributed by atoms with Crippen LogP contribution in [-0.2, 0) is 4.74 Å². The Hall–Kier alpha value is -0.120. The summed E-state index contributed by atoms with van der Waals surface area (Å²) in [5, 5.41) is 17.6. The molecule has 0 aromatic rings. The number of aliphatic hydroxyl groups excluding tert-OH is 2. The number of hydrogen-bond acceptors (Lipinski definition) is 3. The van der Waals surface area contributed by atoms with Crippen LogP contribution in [0, 0.1) is 6.61 Å². The van der Waals surface area contributed by atoms with Crippen LogP contribution in [0.2, 0.25) is 0 Å². The van der Waals surface area contributed by atoms with E-state index in [1.165, 1.54) is 6.61 Å². The van der Waals surface area contributed by atoms with E-state index in [2.05, 4.69) is 0 Å². The summed E-state index contributed by atoms with van der Waals surface area (Å²) < 4.78 is 4.75. The molecule has 0 spiro atoms. The average molecular weight is 117 g/mol. The smallest absolute Gasteiger partial charge is 0.115 e. The molecule has 1 aliphatic heterocycles.